The topological polar surface area (TPSA) is 95.6 Å². The quantitative estimate of drug-likeness (QED) is 0.480. The summed E-state index contributed by atoms with van der Waals surface area (Å²) in [5.74, 6) is 0.825. The van der Waals surface area contributed by atoms with Crippen LogP contribution in [0.1, 0.15) is 32.8 Å². The SMILES string of the molecule is COc1cc2c(cc1OC)C(C(=O)Nc1cc(OC)c(OC)c(OC)c1)C(c1cccs1)N(C)C2=O. The number of nitrogens with one attached hydrogen (secondary N) is 1. The normalized spacial score (nSPS) is 16.7. The van der Waals surface area contributed by atoms with Crippen molar-refractivity contribution in [2.24, 2.45) is 0 Å². The van der Waals surface area contributed by atoms with E-state index in [2.05, 4.69) is 5.32 Å². The zero-order valence-corrected chi connectivity index (χ0v) is 21.7. The van der Waals surface area contributed by atoms with Crippen LogP contribution in [0.4, 0.5) is 5.69 Å². The molecule has 2 unspecified atom stereocenters. The van der Waals surface area contributed by atoms with Crippen LogP contribution in [0.25, 0.3) is 0 Å². The van der Waals surface area contributed by atoms with Crippen molar-refractivity contribution in [3.05, 3.63) is 57.8 Å². The first-order valence-corrected chi connectivity index (χ1v) is 11.9. The Morgan fingerprint density at radius 3 is 2.03 bits per heavy atom. The van der Waals surface area contributed by atoms with Crippen molar-refractivity contribution in [3.63, 3.8) is 0 Å². The number of nitrogens with zero attached hydrogens (tertiary/aromatic N) is 1. The van der Waals surface area contributed by atoms with Crippen LogP contribution < -0.4 is 29.0 Å². The monoisotopic (exact) mass is 512 g/mol. The molecule has 0 saturated carbocycles. The molecule has 2 aromatic carbocycles. The maximum absolute atomic E-state index is 14.0. The highest BCUT2D eigenvalue weighted by Gasteiger charge is 2.44. The first kappa shape index (κ1) is 25.2. The van der Waals surface area contributed by atoms with Crippen molar-refractivity contribution in [3.8, 4) is 28.7 Å². The predicted molar refractivity (Wildman–Crippen MR) is 136 cm³/mol. The molecular formula is C26H28N2O7S. The largest absolute Gasteiger partial charge is 0.493 e. The molecule has 0 bridgehead atoms. The van der Waals surface area contributed by atoms with Gasteiger partial charge in [0.15, 0.2) is 23.0 Å². The molecule has 0 aliphatic carbocycles. The summed E-state index contributed by atoms with van der Waals surface area (Å²) in [4.78, 5) is 29.9. The Labute approximate surface area is 213 Å². The van der Waals surface area contributed by atoms with Gasteiger partial charge in [0.1, 0.15) is 0 Å². The number of likely N-dealkylation sites (N-methyl/N-ethyl adjacent to an activating group) is 1. The van der Waals surface area contributed by atoms with Gasteiger partial charge in [-0.05, 0) is 29.1 Å². The summed E-state index contributed by atoms with van der Waals surface area (Å²) in [5, 5.41) is 4.91. The summed E-state index contributed by atoms with van der Waals surface area (Å²) in [6.07, 6.45) is 0. The number of thiophene rings is 1. The zero-order valence-electron chi connectivity index (χ0n) is 20.9. The van der Waals surface area contributed by atoms with Gasteiger partial charge in [-0.25, -0.2) is 0 Å². The second-order valence-electron chi connectivity index (χ2n) is 8.05. The molecule has 190 valence electrons. The van der Waals surface area contributed by atoms with Crippen molar-refractivity contribution in [1.82, 2.24) is 4.90 Å². The highest BCUT2D eigenvalue weighted by atomic mass is 32.1. The number of carbonyl (C=O) groups excluding carboxylic acids is 2. The van der Waals surface area contributed by atoms with E-state index in [1.807, 2.05) is 17.5 Å². The van der Waals surface area contributed by atoms with E-state index < -0.39 is 12.0 Å². The number of anilines is 1. The number of carbonyl (C=O) groups is 2. The molecular weight excluding hydrogens is 484 g/mol. The van der Waals surface area contributed by atoms with E-state index in [-0.39, 0.29) is 11.8 Å². The first-order chi connectivity index (χ1) is 17.4. The minimum absolute atomic E-state index is 0.207. The van der Waals surface area contributed by atoms with Gasteiger partial charge in [0.2, 0.25) is 11.7 Å². The van der Waals surface area contributed by atoms with Gasteiger partial charge in [0, 0.05) is 35.3 Å². The summed E-state index contributed by atoms with van der Waals surface area (Å²) in [6.45, 7) is 0. The summed E-state index contributed by atoms with van der Waals surface area (Å²) in [7, 11) is 9.25. The minimum atomic E-state index is -0.736. The Bertz CT molecular complexity index is 1250. The van der Waals surface area contributed by atoms with E-state index in [0.717, 1.165) is 4.88 Å². The van der Waals surface area contributed by atoms with Gasteiger partial charge < -0.3 is 33.9 Å². The Morgan fingerprint density at radius 2 is 1.50 bits per heavy atom. The third-order valence-electron chi connectivity index (χ3n) is 6.22. The van der Waals surface area contributed by atoms with E-state index in [4.69, 9.17) is 23.7 Å². The molecule has 2 amide bonds. The molecule has 36 heavy (non-hydrogen) atoms. The highest BCUT2D eigenvalue weighted by molar-refractivity contribution is 7.10. The first-order valence-electron chi connectivity index (χ1n) is 11.1. The number of ether oxygens (including phenoxy) is 5. The van der Waals surface area contributed by atoms with Crippen molar-refractivity contribution in [2.75, 3.05) is 47.9 Å². The Morgan fingerprint density at radius 1 is 0.889 bits per heavy atom. The molecule has 4 rings (SSSR count). The molecule has 0 spiro atoms. The Kier molecular flexibility index (Phi) is 7.25. The fraction of sp³-hybridized carbons (Fsp3) is 0.308. The molecule has 1 aromatic heterocycles. The molecule has 1 aliphatic rings. The summed E-state index contributed by atoms with van der Waals surface area (Å²) < 4.78 is 27.2. The lowest BCUT2D eigenvalue weighted by Crippen LogP contribution is -2.43. The van der Waals surface area contributed by atoms with Crippen molar-refractivity contribution in [2.45, 2.75) is 12.0 Å². The van der Waals surface area contributed by atoms with Crippen molar-refractivity contribution < 1.29 is 33.3 Å². The van der Waals surface area contributed by atoms with Gasteiger partial charge >= 0.3 is 0 Å². The maximum Gasteiger partial charge on any atom is 0.254 e. The fourth-order valence-corrected chi connectivity index (χ4v) is 5.42. The molecule has 0 saturated heterocycles. The molecule has 3 aromatic rings. The Balaban J connectivity index is 1.84. The highest BCUT2D eigenvalue weighted by Crippen LogP contribution is 2.47. The van der Waals surface area contributed by atoms with Crippen LogP contribution in [0.2, 0.25) is 0 Å². The fourth-order valence-electron chi connectivity index (χ4n) is 4.52. The molecule has 0 fully saturated rings. The van der Waals surface area contributed by atoms with Gasteiger partial charge in [-0.15, -0.1) is 11.3 Å². The second kappa shape index (κ2) is 10.4. The van der Waals surface area contributed by atoms with Gasteiger partial charge in [-0.3, -0.25) is 9.59 Å². The van der Waals surface area contributed by atoms with E-state index in [1.54, 1.807) is 36.2 Å². The molecule has 0 radical (unpaired) electrons. The smallest absolute Gasteiger partial charge is 0.254 e. The van der Waals surface area contributed by atoms with Crippen LogP contribution in [0.3, 0.4) is 0 Å². The van der Waals surface area contributed by atoms with Gasteiger partial charge in [0.25, 0.3) is 5.91 Å². The van der Waals surface area contributed by atoms with E-state index >= 15 is 0 Å². The lowest BCUT2D eigenvalue weighted by Gasteiger charge is -2.39. The second-order valence-corrected chi connectivity index (χ2v) is 9.03. The number of amides is 2. The summed E-state index contributed by atoms with van der Waals surface area (Å²) in [6, 6.07) is 9.95. The molecule has 1 N–H and O–H groups in total. The van der Waals surface area contributed by atoms with Gasteiger partial charge in [-0.2, -0.15) is 0 Å². The molecule has 9 nitrogen and oxygen atoms in total. The molecule has 10 heteroatoms. The third kappa shape index (κ3) is 4.28. The number of hydrogen-bond donors (Lipinski definition) is 1. The third-order valence-corrected chi connectivity index (χ3v) is 7.17. The lowest BCUT2D eigenvalue weighted by atomic mass is 9.81. The lowest BCUT2D eigenvalue weighted by molar-refractivity contribution is -0.119. The van der Waals surface area contributed by atoms with E-state index in [0.29, 0.717) is 45.6 Å². The minimum Gasteiger partial charge on any atom is -0.493 e. The van der Waals surface area contributed by atoms with Crippen molar-refractivity contribution in [1.29, 1.82) is 0 Å². The van der Waals surface area contributed by atoms with Crippen LogP contribution in [-0.2, 0) is 4.79 Å². The average Bonchev–Trinajstić information content (AvgIpc) is 3.43. The summed E-state index contributed by atoms with van der Waals surface area (Å²) >= 11 is 1.49. The van der Waals surface area contributed by atoms with Crippen LogP contribution in [0, 0.1) is 0 Å². The standard InChI is InChI=1S/C26H28N2O7S/c1-28-23(21-8-7-9-36-21)22(15-12-17(31-2)18(32-3)13-16(15)26(28)30)25(29)27-14-10-19(33-4)24(35-6)20(11-14)34-5/h7-13,22-23H,1-6H3,(H,27,29). The maximum atomic E-state index is 14.0. The number of benzene rings is 2. The number of hydrogen-bond acceptors (Lipinski definition) is 8. The van der Waals surface area contributed by atoms with Crippen molar-refractivity contribution >= 4 is 28.8 Å². The number of rotatable bonds is 8. The van der Waals surface area contributed by atoms with Crippen LogP contribution in [0.15, 0.2) is 41.8 Å². The molecule has 2 heterocycles. The molecule has 1 aliphatic heterocycles. The van der Waals surface area contributed by atoms with Crippen LogP contribution in [-0.4, -0.2) is 59.3 Å². The van der Waals surface area contributed by atoms with Gasteiger partial charge in [0.05, 0.1) is 47.5 Å². The number of methoxy groups -OCH3 is 5. The van der Waals surface area contributed by atoms with Crippen LogP contribution in [0.5, 0.6) is 28.7 Å². The van der Waals surface area contributed by atoms with Crippen LogP contribution >= 0.6 is 11.3 Å². The summed E-state index contributed by atoms with van der Waals surface area (Å²) in [5.41, 5.74) is 1.40. The Hall–Kier alpha value is -3.92. The predicted octanol–water partition coefficient (Wildman–Crippen LogP) is 4.34. The van der Waals surface area contributed by atoms with Gasteiger partial charge in [-0.1, -0.05) is 6.07 Å². The average molecular weight is 513 g/mol. The zero-order chi connectivity index (χ0) is 26.0. The molecule has 2 atom stereocenters. The van der Waals surface area contributed by atoms with E-state index in [1.165, 1.54) is 46.9 Å². The van der Waals surface area contributed by atoms with E-state index in [9.17, 15) is 9.59 Å². The number of fused-ring (bicyclic) bond motifs is 1.